The second kappa shape index (κ2) is 6.44. The molecule has 2 fully saturated rings. The van der Waals surface area contributed by atoms with Gasteiger partial charge in [0.05, 0.1) is 6.04 Å². The minimum Gasteiger partial charge on any atom is -0.341 e. The first kappa shape index (κ1) is 15.8. The van der Waals surface area contributed by atoms with Gasteiger partial charge in [0, 0.05) is 31.2 Å². The Kier molecular flexibility index (Phi) is 5.08. The lowest BCUT2D eigenvalue weighted by Crippen LogP contribution is -2.55. The van der Waals surface area contributed by atoms with Crippen molar-refractivity contribution >= 4 is 5.91 Å². The number of rotatable bonds is 3. The standard InChI is InChI=1S/C16H31N3O/c1-5-14-10-18(9-8-15(14)17)16(20)13(4)19-11(2)6-7-12(19)3/h11-15H,5-10,17H2,1-4H3. The third-order valence-corrected chi connectivity index (χ3v) is 5.45. The molecular weight excluding hydrogens is 250 g/mol. The van der Waals surface area contributed by atoms with E-state index in [1.165, 1.54) is 12.8 Å². The first-order chi connectivity index (χ1) is 9.45. The first-order valence-electron chi connectivity index (χ1n) is 8.27. The van der Waals surface area contributed by atoms with Crippen LogP contribution < -0.4 is 5.73 Å². The lowest BCUT2D eigenvalue weighted by atomic mass is 9.90. The maximum atomic E-state index is 12.8. The Morgan fingerprint density at radius 3 is 2.40 bits per heavy atom. The monoisotopic (exact) mass is 281 g/mol. The Hall–Kier alpha value is -0.610. The minimum atomic E-state index is 0.00864. The fourth-order valence-corrected chi connectivity index (χ4v) is 4.05. The van der Waals surface area contributed by atoms with Crippen LogP contribution in [0.2, 0.25) is 0 Å². The molecule has 2 aliphatic heterocycles. The van der Waals surface area contributed by atoms with Gasteiger partial charge in [-0.2, -0.15) is 0 Å². The number of nitrogens with two attached hydrogens (primary N) is 1. The molecule has 0 spiro atoms. The highest BCUT2D eigenvalue weighted by atomic mass is 16.2. The van der Waals surface area contributed by atoms with Gasteiger partial charge in [-0.1, -0.05) is 13.3 Å². The molecule has 0 saturated carbocycles. The molecule has 0 radical (unpaired) electrons. The van der Waals surface area contributed by atoms with Crippen LogP contribution in [0.1, 0.15) is 53.4 Å². The zero-order valence-corrected chi connectivity index (χ0v) is 13.5. The maximum Gasteiger partial charge on any atom is 0.239 e. The van der Waals surface area contributed by atoms with Gasteiger partial charge in [-0.3, -0.25) is 9.69 Å². The van der Waals surface area contributed by atoms with E-state index < -0.39 is 0 Å². The number of hydrogen-bond acceptors (Lipinski definition) is 3. The Labute approximate surface area is 123 Å². The van der Waals surface area contributed by atoms with Crippen molar-refractivity contribution in [1.29, 1.82) is 0 Å². The second-order valence-electron chi connectivity index (χ2n) is 6.80. The quantitative estimate of drug-likeness (QED) is 0.858. The van der Waals surface area contributed by atoms with Crippen LogP contribution in [0.3, 0.4) is 0 Å². The fraction of sp³-hybridized carbons (Fsp3) is 0.938. The van der Waals surface area contributed by atoms with E-state index in [-0.39, 0.29) is 12.1 Å². The van der Waals surface area contributed by atoms with Crippen molar-refractivity contribution in [2.45, 2.75) is 77.5 Å². The van der Waals surface area contributed by atoms with E-state index in [4.69, 9.17) is 5.73 Å². The molecule has 2 N–H and O–H groups in total. The molecule has 20 heavy (non-hydrogen) atoms. The van der Waals surface area contributed by atoms with Gasteiger partial charge in [-0.05, 0) is 46.0 Å². The van der Waals surface area contributed by atoms with Gasteiger partial charge in [0.2, 0.25) is 5.91 Å². The summed E-state index contributed by atoms with van der Waals surface area (Å²) in [6.07, 6.45) is 4.43. The number of carbonyl (C=O) groups excluding carboxylic acids is 1. The Balaban J connectivity index is 2.00. The molecule has 2 rings (SSSR count). The molecule has 4 nitrogen and oxygen atoms in total. The second-order valence-corrected chi connectivity index (χ2v) is 6.80. The van der Waals surface area contributed by atoms with E-state index >= 15 is 0 Å². The Morgan fingerprint density at radius 1 is 1.25 bits per heavy atom. The summed E-state index contributed by atoms with van der Waals surface area (Å²) >= 11 is 0. The summed E-state index contributed by atoms with van der Waals surface area (Å²) in [5, 5.41) is 0. The third kappa shape index (κ3) is 3.01. The molecule has 4 heteroatoms. The van der Waals surface area contributed by atoms with E-state index in [0.29, 0.717) is 23.9 Å². The van der Waals surface area contributed by atoms with Gasteiger partial charge in [-0.25, -0.2) is 0 Å². The molecule has 2 saturated heterocycles. The molecular formula is C16H31N3O. The van der Waals surface area contributed by atoms with Crippen molar-refractivity contribution in [3.8, 4) is 0 Å². The number of piperidine rings is 1. The molecule has 0 aliphatic carbocycles. The summed E-state index contributed by atoms with van der Waals surface area (Å²) < 4.78 is 0. The van der Waals surface area contributed by atoms with Crippen LogP contribution in [0.5, 0.6) is 0 Å². The number of likely N-dealkylation sites (tertiary alicyclic amines) is 2. The number of nitrogens with zero attached hydrogens (tertiary/aromatic N) is 2. The van der Waals surface area contributed by atoms with Gasteiger partial charge in [-0.15, -0.1) is 0 Å². The summed E-state index contributed by atoms with van der Waals surface area (Å²) in [6.45, 7) is 10.4. The van der Waals surface area contributed by atoms with Gasteiger partial charge in [0.25, 0.3) is 0 Å². The van der Waals surface area contributed by atoms with Crippen LogP contribution in [0.4, 0.5) is 0 Å². The zero-order chi connectivity index (χ0) is 14.9. The molecule has 2 heterocycles. The number of carbonyl (C=O) groups is 1. The maximum absolute atomic E-state index is 12.8. The van der Waals surface area contributed by atoms with Crippen LogP contribution in [-0.4, -0.2) is 53.0 Å². The number of hydrogen-bond donors (Lipinski definition) is 1. The van der Waals surface area contributed by atoms with E-state index in [9.17, 15) is 4.79 Å². The SMILES string of the molecule is CCC1CN(C(=O)C(C)N2C(C)CCC2C)CCC1N. The number of amides is 1. The van der Waals surface area contributed by atoms with Crippen molar-refractivity contribution in [2.75, 3.05) is 13.1 Å². The lowest BCUT2D eigenvalue weighted by Gasteiger charge is -2.40. The van der Waals surface area contributed by atoms with E-state index in [0.717, 1.165) is 25.9 Å². The smallest absolute Gasteiger partial charge is 0.239 e. The molecule has 5 atom stereocenters. The topological polar surface area (TPSA) is 49.6 Å². The van der Waals surface area contributed by atoms with Crippen LogP contribution in [0.15, 0.2) is 0 Å². The van der Waals surface area contributed by atoms with Crippen LogP contribution in [0, 0.1) is 5.92 Å². The molecule has 2 aliphatic rings. The molecule has 0 bridgehead atoms. The largest absolute Gasteiger partial charge is 0.341 e. The molecule has 0 aromatic carbocycles. The van der Waals surface area contributed by atoms with Gasteiger partial charge in [0.15, 0.2) is 0 Å². The lowest BCUT2D eigenvalue weighted by molar-refractivity contribution is -0.139. The summed E-state index contributed by atoms with van der Waals surface area (Å²) in [6, 6.07) is 1.33. The predicted molar refractivity (Wildman–Crippen MR) is 82.4 cm³/mol. The van der Waals surface area contributed by atoms with Gasteiger partial charge >= 0.3 is 0 Å². The van der Waals surface area contributed by atoms with Crippen LogP contribution in [0.25, 0.3) is 0 Å². The molecule has 0 aromatic heterocycles. The summed E-state index contributed by atoms with van der Waals surface area (Å²) in [7, 11) is 0. The average molecular weight is 281 g/mol. The van der Waals surface area contributed by atoms with Crippen LogP contribution >= 0.6 is 0 Å². The van der Waals surface area contributed by atoms with Crippen molar-refractivity contribution in [3.63, 3.8) is 0 Å². The van der Waals surface area contributed by atoms with Gasteiger partial charge in [0.1, 0.15) is 0 Å². The first-order valence-corrected chi connectivity index (χ1v) is 8.27. The average Bonchev–Trinajstić information content (AvgIpc) is 2.77. The Bertz CT molecular complexity index is 337. The van der Waals surface area contributed by atoms with E-state index in [2.05, 4.69) is 37.5 Å². The van der Waals surface area contributed by atoms with Gasteiger partial charge < -0.3 is 10.6 Å². The minimum absolute atomic E-state index is 0.00864. The van der Waals surface area contributed by atoms with E-state index in [1.807, 2.05) is 0 Å². The molecule has 5 unspecified atom stereocenters. The normalized spacial score (nSPS) is 37.1. The third-order valence-electron chi connectivity index (χ3n) is 5.45. The van der Waals surface area contributed by atoms with Crippen LogP contribution in [-0.2, 0) is 4.79 Å². The Morgan fingerprint density at radius 2 is 1.85 bits per heavy atom. The van der Waals surface area contributed by atoms with Crippen molar-refractivity contribution in [3.05, 3.63) is 0 Å². The fourth-order valence-electron chi connectivity index (χ4n) is 4.05. The highest BCUT2D eigenvalue weighted by Crippen LogP contribution is 2.27. The predicted octanol–water partition coefficient (Wildman–Crippen LogP) is 1.83. The molecule has 1 amide bonds. The molecule has 116 valence electrons. The van der Waals surface area contributed by atoms with E-state index in [1.54, 1.807) is 0 Å². The van der Waals surface area contributed by atoms with Crippen molar-refractivity contribution in [1.82, 2.24) is 9.80 Å². The highest BCUT2D eigenvalue weighted by Gasteiger charge is 2.37. The highest BCUT2D eigenvalue weighted by molar-refractivity contribution is 5.81. The van der Waals surface area contributed by atoms with Crippen molar-refractivity contribution < 1.29 is 4.79 Å². The summed E-state index contributed by atoms with van der Waals surface area (Å²) in [5.74, 6) is 0.768. The summed E-state index contributed by atoms with van der Waals surface area (Å²) in [5.41, 5.74) is 6.15. The zero-order valence-electron chi connectivity index (χ0n) is 13.5. The summed E-state index contributed by atoms with van der Waals surface area (Å²) in [4.78, 5) is 17.2. The molecule has 0 aromatic rings. The van der Waals surface area contributed by atoms with Crippen molar-refractivity contribution in [2.24, 2.45) is 11.7 Å².